The second kappa shape index (κ2) is 8.97. The lowest BCUT2D eigenvalue weighted by molar-refractivity contribution is -0.139. The van der Waals surface area contributed by atoms with E-state index in [-0.39, 0.29) is 29.7 Å². The van der Waals surface area contributed by atoms with Gasteiger partial charge in [-0.2, -0.15) is 0 Å². The molecule has 1 saturated heterocycles. The number of nitrogens with zero attached hydrogens (tertiary/aromatic N) is 1. The number of rotatable bonds is 7. The normalized spacial score (nSPS) is 25.5. The van der Waals surface area contributed by atoms with Crippen LogP contribution >= 0.6 is 0 Å². The van der Waals surface area contributed by atoms with Crippen molar-refractivity contribution < 1.29 is 19.2 Å². The molecule has 0 aromatic heterocycles. The fourth-order valence-corrected chi connectivity index (χ4v) is 3.85. The van der Waals surface area contributed by atoms with Gasteiger partial charge in [0.05, 0.1) is 6.04 Å². The lowest BCUT2D eigenvalue weighted by atomic mass is 9.83. The number of hydrogen-bond donors (Lipinski definition) is 2. The van der Waals surface area contributed by atoms with Crippen LogP contribution < -0.4 is 10.6 Å². The summed E-state index contributed by atoms with van der Waals surface area (Å²) in [6.07, 6.45) is 6.83. The van der Waals surface area contributed by atoms with E-state index in [4.69, 9.17) is 0 Å². The van der Waals surface area contributed by atoms with Gasteiger partial charge in [-0.3, -0.25) is 14.4 Å². The Kier molecular flexibility index (Phi) is 6.96. The second-order valence-corrected chi connectivity index (χ2v) is 7.45. The summed E-state index contributed by atoms with van der Waals surface area (Å²) in [6, 6.07) is -1.36. The molecule has 3 atom stereocenters. The van der Waals surface area contributed by atoms with Crippen molar-refractivity contribution in [3.63, 3.8) is 0 Å². The molecule has 2 rings (SSSR count). The highest BCUT2D eigenvalue weighted by Crippen LogP contribution is 2.29. The molecule has 140 valence electrons. The molecule has 1 heterocycles. The molecule has 2 fully saturated rings. The van der Waals surface area contributed by atoms with Gasteiger partial charge in [0, 0.05) is 18.5 Å². The SMILES string of the molecule is CC(C)C(=O)NC1CC(C=O)N(C(=O)C(NC=O)C2CCCCC2)C1. The molecule has 0 aromatic carbocycles. The van der Waals surface area contributed by atoms with Gasteiger partial charge >= 0.3 is 0 Å². The van der Waals surface area contributed by atoms with Crippen molar-refractivity contribution >= 4 is 24.5 Å². The van der Waals surface area contributed by atoms with E-state index in [1.165, 1.54) is 4.90 Å². The van der Waals surface area contributed by atoms with Gasteiger partial charge in [0.1, 0.15) is 12.3 Å². The zero-order chi connectivity index (χ0) is 18.4. The van der Waals surface area contributed by atoms with E-state index >= 15 is 0 Å². The molecule has 0 aromatic rings. The van der Waals surface area contributed by atoms with E-state index in [0.717, 1.165) is 38.4 Å². The first-order chi connectivity index (χ1) is 12.0. The zero-order valence-electron chi connectivity index (χ0n) is 15.1. The Labute approximate surface area is 148 Å². The topological polar surface area (TPSA) is 95.6 Å². The number of nitrogens with one attached hydrogen (secondary N) is 2. The van der Waals surface area contributed by atoms with E-state index in [1.807, 2.05) is 0 Å². The third-order valence-electron chi connectivity index (χ3n) is 5.29. The van der Waals surface area contributed by atoms with Crippen LogP contribution in [-0.4, -0.2) is 54.1 Å². The van der Waals surface area contributed by atoms with Crippen molar-refractivity contribution in [1.82, 2.24) is 15.5 Å². The Balaban J connectivity index is 2.07. The molecule has 2 aliphatic rings. The molecule has 25 heavy (non-hydrogen) atoms. The summed E-state index contributed by atoms with van der Waals surface area (Å²) in [5.74, 6) is -0.328. The van der Waals surface area contributed by atoms with Crippen molar-refractivity contribution in [2.24, 2.45) is 11.8 Å². The van der Waals surface area contributed by atoms with Gasteiger partial charge in [-0.25, -0.2) is 0 Å². The molecule has 0 radical (unpaired) electrons. The quantitative estimate of drug-likeness (QED) is 0.657. The predicted molar refractivity (Wildman–Crippen MR) is 92.5 cm³/mol. The van der Waals surface area contributed by atoms with Crippen LogP contribution in [0.15, 0.2) is 0 Å². The van der Waals surface area contributed by atoms with Crippen molar-refractivity contribution in [2.45, 2.75) is 70.5 Å². The first-order valence-electron chi connectivity index (χ1n) is 9.23. The fourth-order valence-electron chi connectivity index (χ4n) is 3.85. The average molecular weight is 351 g/mol. The van der Waals surface area contributed by atoms with E-state index in [1.54, 1.807) is 13.8 Å². The molecular formula is C18H29N3O4. The van der Waals surface area contributed by atoms with Crippen LogP contribution in [0.25, 0.3) is 0 Å². The smallest absolute Gasteiger partial charge is 0.246 e. The summed E-state index contributed by atoms with van der Waals surface area (Å²) in [6.45, 7) is 3.92. The largest absolute Gasteiger partial charge is 0.351 e. The molecular weight excluding hydrogens is 322 g/mol. The van der Waals surface area contributed by atoms with Crippen LogP contribution in [0.5, 0.6) is 0 Å². The Morgan fingerprint density at radius 3 is 2.36 bits per heavy atom. The minimum absolute atomic E-state index is 0.0844. The average Bonchev–Trinajstić information content (AvgIpc) is 3.02. The number of carbonyl (C=O) groups is 4. The maximum atomic E-state index is 13.0. The minimum Gasteiger partial charge on any atom is -0.351 e. The van der Waals surface area contributed by atoms with Crippen molar-refractivity contribution in [2.75, 3.05) is 6.54 Å². The highest BCUT2D eigenvalue weighted by molar-refractivity contribution is 5.87. The lowest BCUT2D eigenvalue weighted by Crippen LogP contribution is -2.52. The minimum atomic E-state index is -0.584. The van der Waals surface area contributed by atoms with Gasteiger partial charge in [0.15, 0.2) is 0 Å². The van der Waals surface area contributed by atoms with Crippen LogP contribution in [0.1, 0.15) is 52.4 Å². The molecule has 1 saturated carbocycles. The van der Waals surface area contributed by atoms with Gasteiger partial charge in [0.2, 0.25) is 18.2 Å². The molecule has 7 heteroatoms. The number of carbonyl (C=O) groups excluding carboxylic acids is 4. The van der Waals surface area contributed by atoms with Gasteiger partial charge in [0.25, 0.3) is 0 Å². The van der Waals surface area contributed by atoms with Crippen LogP contribution in [0.4, 0.5) is 0 Å². The summed E-state index contributed by atoms with van der Waals surface area (Å²) in [7, 11) is 0. The summed E-state index contributed by atoms with van der Waals surface area (Å²) in [5.41, 5.74) is 0. The number of hydrogen-bond acceptors (Lipinski definition) is 4. The molecule has 0 bridgehead atoms. The highest BCUT2D eigenvalue weighted by atomic mass is 16.2. The molecule has 1 aliphatic heterocycles. The zero-order valence-corrected chi connectivity index (χ0v) is 15.1. The van der Waals surface area contributed by atoms with Gasteiger partial charge in [-0.15, -0.1) is 0 Å². The standard InChI is InChI=1S/C18H29N3O4/c1-12(2)17(24)20-14-8-15(10-22)21(9-14)18(25)16(19-11-23)13-6-4-3-5-7-13/h10-16H,3-9H2,1-2H3,(H,19,23)(H,20,24). The maximum absolute atomic E-state index is 13.0. The molecule has 0 spiro atoms. The summed E-state index contributed by atoms with van der Waals surface area (Å²) >= 11 is 0. The van der Waals surface area contributed by atoms with E-state index in [0.29, 0.717) is 19.4 Å². The summed E-state index contributed by atoms with van der Waals surface area (Å²) in [5, 5.41) is 5.57. The number of aldehydes is 1. The Morgan fingerprint density at radius 1 is 1.12 bits per heavy atom. The highest BCUT2D eigenvalue weighted by Gasteiger charge is 2.40. The predicted octanol–water partition coefficient (Wildman–Crippen LogP) is 0.622. The molecule has 1 aliphatic carbocycles. The fraction of sp³-hybridized carbons (Fsp3) is 0.778. The molecule has 2 N–H and O–H groups in total. The summed E-state index contributed by atoms with van der Waals surface area (Å²) in [4.78, 5) is 48.9. The maximum Gasteiger partial charge on any atom is 0.246 e. The van der Waals surface area contributed by atoms with Crippen LogP contribution in [0.2, 0.25) is 0 Å². The third kappa shape index (κ3) is 4.80. The van der Waals surface area contributed by atoms with E-state index in [2.05, 4.69) is 10.6 Å². The first-order valence-corrected chi connectivity index (χ1v) is 9.23. The van der Waals surface area contributed by atoms with Crippen molar-refractivity contribution in [3.8, 4) is 0 Å². The summed E-state index contributed by atoms with van der Waals surface area (Å²) < 4.78 is 0. The monoisotopic (exact) mass is 351 g/mol. The number of amides is 3. The third-order valence-corrected chi connectivity index (χ3v) is 5.29. The first kappa shape index (κ1) is 19.4. The lowest BCUT2D eigenvalue weighted by Gasteiger charge is -2.33. The Morgan fingerprint density at radius 2 is 1.80 bits per heavy atom. The van der Waals surface area contributed by atoms with E-state index in [9.17, 15) is 19.2 Å². The van der Waals surface area contributed by atoms with E-state index < -0.39 is 12.1 Å². The van der Waals surface area contributed by atoms with Crippen molar-refractivity contribution in [1.29, 1.82) is 0 Å². The Hall–Kier alpha value is -1.92. The Bertz CT molecular complexity index is 503. The van der Waals surface area contributed by atoms with Crippen LogP contribution in [-0.2, 0) is 19.2 Å². The van der Waals surface area contributed by atoms with Crippen molar-refractivity contribution in [3.05, 3.63) is 0 Å². The van der Waals surface area contributed by atoms with Crippen LogP contribution in [0.3, 0.4) is 0 Å². The molecule has 3 amide bonds. The van der Waals surface area contributed by atoms with Gasteiger partial charge in [-0.1, -0.05) is 33.1 Å². The number of likely N-dealkylation sites (tertiary alicyclic amines) is 1. The second-order valence-electron chi connectivity index (χ2n) is 7.45. The molecule has 3 unspecified atom stereocenters. The van der Waals surface area contributed by atoms with Gasteiger partial charge < -0.3 is 20.3 Å². The van der Waals surface area contributed by atoms with Gasteiger partial charge in [-0.05, 0) is 25.2 Å². The van der Waals surface area contributed by atoms with Crippen LogP contribution in [0, 0.1) is 11.8 Å². The molecule has 7 nitrogen and oxygen atoms in total.